The molecule has 1 aliphatic rings. The van der Waals surface area contributed by atoms with Crippen molar-refractivity contribution >= 4 is 35.1 Å². The molecule has 2 aromatic carbocycles. The van der Waals surface area contributed by atoms with Gasteiger partial charge in [-0.3, -0.25) is 14.5 Å². The topological polar surface area (TPSA) is 120 Å². The fourth-order valence-corrected chi connectivity index (χ4v) is 2.91. The minimum Gasteiger partial charge on any atom is -0.479 e. The zero-order chi connectivity index (χ0) is 19.7. The van der Waals surface area contributed by atoms with Crippen LogP contribution < -0.4 is 10.6 Å². The van der Waals surface area contributed by atoms with Crippen LogP contribution in [0.1, 0.15) is 27.6 Å². The Morgan fingerprint density at radius 3 is 2.18 bits per heavy atom. The number of aromatic hydroxyl groups is 1. The molecular formula is C19H16N6O3. The summed E-state index contributed by atoms with van der Waals surface area (Å²) in [7, 11) is 0. The summed E-state index contributed by atoms with van der Waals surface area (Å²) in [5.41, 5.74) is 1.94. The van der Waals surface area contributed by atoms with Crippen LogP contribution in [0.4, 0.5) is 23.3 Å². The average molecular weight is 376 g/mol. The summed E-state index contributed by atoms with van der Waals surface area (Å²) >= 11 is 0. The van der Waals surface area contributed by atoms with Gasteiger partial charge < -0.3 is 15.7 Å². The van der Waals surface area contributed by atoms with E-state index in [4.69, 9.17) is 0 Å². The molecule has 9 heteroatoms. The van der Waals surface area contributed by atoms with E-state index >= 15 is 0 Å². The van der Waals surface area contributed by atoms with E-state index in [-0.39, 0.29) is 23.7 Å². The number of amides is 2. The molecule has 0 spiro atoms. The molecule has 9 nitrogen and oxygen atoms in total. The van der Waals surface area contributed by atoms with Gasteiger partial charge in [-0.1, -0.05) is 18.2 Å². The van der Waals surface area contributed by atoms with Crippen LogP contribution in [0.5, 0.6) is 6.01 Å². The van der Waals surface area contributed by atoms with Gasteiger partial charge >= 0.3 is 6.01 Å². The largest absolute Gasteiger partial charge is 0.479 e. The highest BCUT2D eigenvalue weighted by atomic mass is 16.3. The first-order valence-electron chi connectivity index (χ1n) is 8.59. The Morgan fingerprint density at radius 1 is 0.857 bits per heavy atom. The van der Waals surface area contributed by atoms with Crippen LogP contribution in [0.2, 0.25) is 0 Å². The highest BCUT2D eigenvalue weighted by Crippen LogP contribution is 2.27. The summed E-state index contributed by atoms with van der Waals surface area (Å²) in [6.07, 6.45) is 0. The third kappa shape index (κ3) is 3.20. The summed E-state index contributed by atoms with van der Waals surface area (Å²) in [6, 6.07) is 13.6. The standard InChI is InChI=1S/C19H16N6O3/c1-2-25-15(26)13-9-8-12(10-14(13)16(25)27)21-18-22-17(23-19(28)24-18)20-11-6-4-3-5-7-11/h3-10H,2H2,1H3,(H3,20,21,22,23,24,28). The molecule has 0 saturated carbocycles. The fraction of sp³-hybridized carbons (Fsp3) is 0.105. The maximum atomic E-state index is 12.3. The number of benzene rings is 2. The Balaban J connectivity index is 1.59. The van der Waals surface area contributed by atoms with Crippen LogP contribution in [0.15, 0.2) is 48.5 Å². The molecule has 4 rings (SSSR count). The SMILES string of the molecule is CCN1C(=O)c2ccc(Nc3nc(O)nc(Nc4ccccc4)n3)cc2C1=O. The maximum absolute atomic E-state index is 12.3. The van der Waals surface area contributed by atoms with E-state index in [1.807, 2.05) is 30.3 Å². The first kappa shape index (κ1) is 17.4. The number of nitrogens with zero attached hydrogens (tertiary/aromatic N) is 4. The molecule has 1 aliphatic heterocycles. The predicted octanol–water partition coefficient (Wildman–Crippen LogP) is 2.68. The molecule has 0 atom stereocenters. The van der Waals surface area contributed by atoms with Gasteiger partial charge in [0.1, 0.15) is 0 Å². The fourth-order valence-electron chi connectivity index (χ4n) is 2.91. The molecule has 0 fully saturated rings. The van der Waals surface area contributed by atoms with Gasteiger partial charge in [-0.05, 0) is 37.3 Å². The summed E-state index contributed by atoms with van der Waals surface area (Å²) in [4.78, 5) is 37.6. The summed E-state index contributed by atoms with van der Waals surface area (Å²) in [5.74, 6) is -0.391. The molecule has 0 bridgehead atoms. The predicted molar refractivity (Wildman–Crippen MR) is 102 cm³/mol. The third-order valence-corrected chi connectivity index (χ3v) is 4.20. The Hall–Kier alpha value is -4.01. The quantitative estimate of drug-likeness (QED) is 0.581. The van der Waals surface area contributed by atoms with Crippen molar-refractivity contribution < 1.29 is 14.7 Å². The number of fused-ring (bicyclic) bond motifs is 1. The van der Waals surface area contributed by atoms with Gasteiger partial charge in [0.15, 0.2) is 0 Å². The van der Waals surface area contributed by atoms with Gasteiger partial charge in [-0.15, -0.1) is 0 Å². The second-order valence-electron chi connectivity index (χ2n) is 6.01. The van der Waals surface area contributed by atoms with E-state index in [1.54, 1.807) is 25.1 Å². The van der Waals surface area contributed by atoms with Crippen LogP contribution in [-0.4, -0.2) is 43.3 Å². The minimum atomic E-state index is -0.458. The molecule has 0 unspecified atom stereocenters. The molecule has 3 N–H and O–H groups in total. The lowest BCUT2D eigenvalue weighted by Crippen LogP contribution is -2.29. The monoisotopic (exact) mass is 376 g/mol. The van der Waals surface area contributed by atoms with Crippen molar-refractivity contribution in [2.75, 3.05) is 17.2 Å². The molecule has 0 saturated heterocycles. The highest BCUT2D eigenvalue weighted by molar-refractivity contribution is 6.21. The second-order valence-corrected chi connectivity index (χ2v) is 6.01. The molecule has 0 aliphatic carbocycles. The summed E-state index contributed by atoms with van der Waals surface area (Å²) in [6.45, 7) is 2.06. The Bertz CT molecular complexity index is 1070. The molecule has 140 valence electrons. The number of hydrogen-bond acceptors (Lipinski definition) is 8. The zero-order valence-electron chi connectivity index (χ0n) is 14.9. The smallest absolute Gasteiger partial charge is 0.320 e. The van der Waals surface area contributed by atoms with Crippen LogP contribution >= 0.6 is 0 Å². The lowest BCUT2D eigenvalue weighted by molar-refractivity contribution is 0.0663. The molecule has 1 aromatic heterocycles. The minimum absolute atomic E-state index is 0.0926. The third-order valence-electron chi connectivity index (χ3n) is 4.20. The van der Waals surface area contributed by atoms with Gasteiger partial charge in [0.25, 0.3) is 11.8 Å². The van der Waals surface area contributed by atoms with E-state index in [0.29, 0.717) is 23.4 Å². The summed E-state index contributed by atoms with van der Waals surface area (Å²) in [5, 5.41) is 15.7. The number of carbonyl (C=O) groups is 2. The zero-order valence-corrected chi connectivity index (χ0v) is 14.9. The number of para-hydroxylation sites is 1. The van der Waals surface area contributed by atoms with E-state index in [1.165, 1.54) is 4.90 Å². The number of aromatic nitrogens is 3. The van der Waals surface area contributed by atoms with Gasteiger partial charge in [-0.25, -0.2) is 0 Å². The van der Waals surface area contributed by atoms with E-state index in [0.717, 1.165) is 5.69 Å². The van der Waals surface area contributed by atoms with Crippen LogP contribution in [0.3, 0.4) is 0 Å². The molecular weight excluding hydrogens is 360 g/mol. The number of nitrogens with one attached hydrogen (secondary N) is 2. The lowest BCUT2D eigenvalue weighted by Gasteiger charge is -2.09. The van der Waals surface area contributed by atoms with Gasteiger partial charge in [-0.2, -0.15) is 15.0 Å². The van der Waals surface area contributed by atoms with Gasteiger partial charge in [0, 0.05) is 17.9 Å². The van der Waals surface area contributed by atoms with E-state index in [9.17, 15) is 14.7 Å². The first-order chi connectivity index (χ1) is 13.5. The van der Waals surface area contributed by atoms with Crippen molar-refractivity contribution in [2.24, 2.45) is 0 Å². The number of anilines is 4. The summed E-state index contributed by atoms with van der Waals surface area (Å²) < 4.78 is 0. The first-order valence-corrected chi connectivity index (χ1v) is 8.59. The Labute approximate surface area is 160 Å². The van der Waals surface area contributed by atoms with E-state index in [2.05, 4.69) is 25.6 Å². The second kappa shape index (κ2) is 6.95. The maximum Gasteiger partial charge on any atom is 0.320 e. The van der Waals surface area contributed by atoms with Crippen molar-refractivity contribution in [1.82, 2.24) is 19.9 Å². The number of carbonyl (C=O) groups excluding carboxylic acids is 2. The Morgan fingerprint density at radius 2 is 1.50 bits per heavy atom. The Kier molecular flexibility index (Phi) is 4.32. The van der Waals surface area contributed by atoms with Crippen molar-refractivity contribution in [1.29, 1.82) is 0 Å². The van der Waals surface area contributed by atoms with Crippen LogP contribution in [-0.2, 0) is 0 Å². The van der Waals surface area contributed by atoms with E-state index < -0.39 is 6.01 Å². The highest BCUT2D eigenvalue weighted by Gasteiger charge is 2.34. The molecule has 3 aromatic rings. The molecule has 2 amide bonds. The normalized spacial score (nSPS) is 12.8. The van der Waals surface area contributed by atoms with Crippen molar-refractivity contribution in [2.45, 2.75) is 6.92 Å². The van der Waals surface area contributed by atoms with Gasteiger partial charge in [0.2, 0.25) is 11.9 Å². The number of rotatable bonds is 5. The van der Waals surface area contributed by atoms with Crippen molar-refractivity contribution in [3.8, 4) is 6.01 Å². The van der Waals surface area contributed by atoms with Crippen LogP contribution in [0.25, 0.3) is 0 Å². The van der Waals surface area contributed by atoms with Gasteiger partial charge in [0.05, 0.1) is 11.1 Å². The van der Waals surface area contributed by atoms with Crippen molar-refractivity contribution in [3.63, 3.8) is 0 Å². The van der Waals surface area contributed by atoms with Crippen molar-refractivity contribution in [3.05, 3.63) is 59.7 Å². The number of hydrogen-bond donors (Lipinski definition) is 3. The molecule has 28 heavy (non-hydrogen) atoms. The number of imide groups is 1. The lowest BCUT2D eigenvalue weighted by atomic mass is 10.1. The average Bonchev–Trinajstić information content (AvgIpc) is 2.92. The van der Waals surface area contributed by atoms with Crippen LogP contribution in [0, 0.1) is 0 Å². The molecule has 2 heterocycles. The molecule has 0 radical (unpaired) electrons.